The van der Waals surface area contributed by atoms with Crippen molar-refractivity contribution in [1.29, 1.82) is 0 Å². The Kier molecular flexibility index (Phi) is 3.94. The van der Waals surface area contributed by atoms with Crippen LogP contribution in [0.5, 0.6) is 0 Å². The van der Waals surface area contributed by atoms with Crippen LogP contribution < -0.4 is 10.9 Å². The topological polar surface area (TPSA) is 56.1 Å². The summed E-state index contributed by atoms with van der Waals surface area (Å²) in [6, 6.07) is 10.1. The molecule has 0 amide bonds. The molecule has 6 heteroatoms. The molecule has 0 unspecified atom stereocenters. The second kappa shape index (κ2) is 5.87. The maximum Gasteiger partial charge on any atom is 0.287 e. The predicted octanol–water partition coefficient (Wildman–Crippen LogP) is 2.38. The van der Waals surface area contributed by atoms with Crippen molar-refractivity contribution >= 4 is 17.3 Å². The van der Waals surface area contributed by atoms with Crippen molar-refractivity contribution < 1.29 is 4.74 Å². The molecule has 1 aromatic carbocycles. The summed E-state index contributed by atoms with van der Waals surface area (Å²) in [5, 5.41) is 7.45. The van der Waals surface area contributed by atoms with Crippen LogP contribution in [0.25, 0.3) is 0 Å². The van der Waals surface area contributed by atoms with Crippen LogP contribution in [0.2, 0.25) is 5.02 Å². The van der Waals surface area contributed by atoms with Crippen LogP contribution in [-0.2, 0) is 11.8 Å². The SMILES string of the molecule is Cn1ncc(N[C@H]2CCO[C@H]2c2ccccc2)c(Cl)c1=O. The average molecular weight is 306 g/mol. The van der Waals surface area contributed by atoms with E-state index in [2.05, 4.69) is 10.4 Å². The standard InChI is InChI=1S/C15H16ClN3O2/c1-19-15(20)13(16)12(9-17-19)18-11-7-8-21-14(11)10-5-3-2-4-6-10/h2-6,9,11,14,18H,7-8H2,1H3/t11-,14-/m0/s1. The number of aryl methyl sites for hydroxylation is 1. The first-order chi connectivity index (χ1) is 10.2. The maximum absolute atomic E-state index is 11.8. The third-order valence-electron chi connectivity index (χ3n) is 3.64. The summed E-state index contributed by atoms with van der Waals surface area (Å²) < 4.78 is 7.02. The normalized spacial score (nSPS) is 21.4. The zero-order valence-electron chi connectivity index (χ0n) is 11.6. The molecule has 2 atom stereocenters. The quantitative estimate of drug-likeness (QED) is 0.946. The van der Waals surface area contributed by atoms with Crippen molar-refractivity contribution in [3.05, 3.63) is 57.5 Å². The van der Waals surface area contributed by atoms with Gasteiger partial charge < -0.3 is 10.1 Å². The third kappa shape index (κ3) is 2.80. The number of aromatic nitrogens is 2. The molecule has 0 bridgehead atoms. The van der Waals surface area contributed by atoms with Crippen LogP contribution in [0.1, 0.15) is 18.1 Å². The lowest BCUT2D eigenvalue weighted by Crippen LogP contribution is -2.27. The number of ether oxygens (including phenoxy) is 1. The maximum atomic E-state index is 11.8. The van der Waals surface area contributed by atoms with Crippen LogP contribution >= 0.6 is 11.6 Å². The van der Waals surface area contributed by atoms with E-state index in [0.29, 0.717) is 12.3 Å². The van der Waals surface area contributed by atoms with E-state index in [0.717, 1.165) is 12.0 Å². The molecule has 1 aliphatic heterocycles. The Morgan fingerprint density at radius 3 is 2.90 bits per heavy atom. The summed E-state index contributed by atoms with van der Waals surface area (Å²) in [5.74, 6) is 0. The lowest BCUT2D eigenvalue weighted by atomic mass is 10.0. The first kappa shape index (κ1) is 14.1. The Labute approximate surface area is 127 Å². The van der Waals surface area contributed by atoms with Gasteiger partial charge in [0.15, 0.2) is 0 Å². The number of anilines is 1. The molecule has 1 aromatic heterocycles. The van der Waals surface area contributed by atoms with Crippen molar-refractivity contribution in [2.45, 2.75) is 18.6 Å². The molecule has 0 spiro atoms. The zero-order valence-corrected chi connectivity index (χ0v) is 12.4. The van der Waals surface area contributed by atoms with Gasteiger partial charge in [-0.25, -0.2) is 4.68 Å². The molecule has 2 aromatic rings. The van der Waals surface area contributed by atoms with Crippen molar-refractivity contribution in [3.63, 3.8) is 0 Å². The van der Waals surface area contributed by atoms with Crippen molar-refractivity contribution in [2.75, 3.05) is 11.9 Å². The zero-order chi connectivity index (χ0) is 14.8. The number of benzene rings is 1. The van der Waals surface area contributed by atoms with E-state index in [4.69, 9.17) is 16.3 Å². The fourth-order valence-corrected chi connectivity index (χ4v) is 2.75. The first-order valence-electron chi connectivity index (χ1n) is 6.81. The summed E-state index contributed by atoms with van der Waals surface area (Å²) in [5.41, 5.74) is 1.36. The van der Waals surface area contributed by atoms with Crippen LogP contribution in [-0.4, -0.2) is 22.4 Å². The number of nitrogens with one attached hydrogen (secondary N) is 1. The van der Waals surface area contributed by atoms with Gasteiger partial charge in [0.25, 0.3) is 5.56 Å². The van der Waals surface area contributed by atoms with E-state index < -0.39 is 0 Å². The number of nitrogens with zero attached hydrogens (tertiary/aromatic N) is 2. The number of hydrogen-bond acceptors (Lipinski definition) is 4. The minimum absolute atomic E-state index is 0.0497. The van der Waals surface area contributed by atoms with Crippen molar-refractivity contribution in [3.8, 4) is 0 Å². The highest BCUT2D eigenvalue weighted by molar-refractivity contribution is 6.32. The van der Waals surface area contributed by atoms with E-state index in [1.807, 2.05) is 30.3 Å². The van der Waals surface area contributed by atoms with Crippen molar-refractivity contribution in [1.82, 2.24) is 9.78 Å². The molecule has 2 heterocycles. The number of rotatable bonds is 3. The molecular weight excluding hydrogens is 290 g/mol. The fraction of sp³-hybridized carbons (Fsp3) is 0.333. The molecule has 1 N–H and O–H groups in total. The Bertz CT molecular complexity index is 687. The predicted molar refractivity (Wildman–Crippen MR) is 81.7 cm³/mol. The molecule has 0 aliphatic carbocycles. The second-order valence-corrected chi connectivity index (χ2v) is 5.42. The summed E-state index contributed by atoms with van der Waals surface area (Å²) in [6.45, 7) is 0.674. The monoisotopic (exact) mass is 305 g/mol. The molecular formula is C15H16ClN3O2. The minimum atomic E-state index is -0.308. The molecule has 0 saturated carbocycles. The molecule has 0 radical (unpaired) electrons. The highest BCUT2D eigenvalue weighted by Gasteiger charge is 2.30. The first-order valence-corrected chi connectivity index (χ1v) is 7.19. The fourth-order valence-electron chi connectivity index (χ4n) is 2.52. The van der Waals surface area contributed by atoms with E-state index in [-0.39, 0.29) is 22.7 Å². The highest BCUT2D eigenvalue weighted by atomic mass is 35.5. The third-order valence-corrected chi connectivity index (χ3v) is 4.00. The lowest BCUT2D eigenvalue weighted by molar-refractivity contribution is 0.107. The van der Waals surface area contributed by atoms with Crippen LogP contribution in [0.15, 0.2) is 41.3 Å². The van der Waals surface area contributed by atoms with Gasteiger partial charge in [-0.1, -0.05) is 41.9 Å². The molecule has 110 valence electrons. The van der Waals surface area contributed by atoms with Gasteiger partial charge in [-0.05, 0) is 12.0 Å². The minimum Gasteiger partial charge on any atom is -0.377 e. The van der Waals surface area contributed by atoms with Crippen LogP contribution in [0, 0.1) is 0 Å². The van der Waals surface area contributed by atoms with Crippen LogP contribution in [0.4, 0.5) is 5.69 Å². The number of halogens is 1. The van der Waals surface area contributed by atoms with Gasteiger partial charge in [0.05, 0.1) is 17.9 Å². The molecule has 3 rings (SSSR count). The second-order valence-electron chi connectivity index (χ2n) is 5.04. The Morgan fingerprint density at radius 1 is 1.38 bits per heavy atom. The Morgan fingerprint density at radius 2 is 2.14 bits per heavy atom. The molecule has 5 nitrogen and oxygen atoms in total. The van der Waals surface area contributed by atoms with Gasteiger partial charge in [0, 0.05) is 13.7 Å². The summed E-state index contributed by atoms with van der Waals surface area (Å²) in [4.78, 5) is 11.8. The summed E-state index contributed by atoms with van der Waals surface area (Å²) >= 11 is 6.09. The van der Waals surface area contributed by atoms with Crippen molar-refractivity contribution in [2.24, 2.45) is 7.05 Å². The smallest absolute Gasteiger partial charge is 0.287 e. The molecule has 1 aliphatic rings. The lowest BCUT2D eigenvalue weighted by Gasteiger charge is -2.21. The average Bonchev–Trinajstić information content (AvgIpc) is 2.97. The molecule has 1 fully saturated rings. The van der Waals surface area contributed by atoms with E-state index in [1.165, 1.54) is 4.68 Å². The van der Waals surface area contributed by atoms with Gasteiger partial charge in [-0.2, -0.15) is 5.10 Å². The number of hydrogen-bond donors (Lipinski definition) is 1. The van der Waals surface area contributed by atoms with Crippen LogP contribution in [0.3, 0.4) is 0 Å². The summed E-state index contributed by atoms with van der Waals surface area (Å²) in [6.07, 6.45) is 2.38. The van der Waals surface area contributed by atoms with E-state index >= 15 is 0 Å². The Hall–Kier alpha value is -1.85. The van der Waals surface area contributed by atoms with Gasteiger partial charge >= 0.3 is 0 Å². The highest BCUT2D eigenvalue weighted by Crippen LogP contribution is 2.32. The van der Waals surface area contributed by atoms with Gasteiger partial charge in [-0.3, -0.25) is 4.79 Å². The summed E-state index contributed by atoms with van der Waals surface area (Å²) in [7, 11) is 1.57. The Balaban J connectivity index is 1.84. The van der Waals surface area contributed by atoms with Gasteiger partial charge in [0.2, 0.25) is 0 Å². The van der Waals surface area contributed by atoms with Gasteiger partial charge in [0.1, 0.15) is 11.1 Å². The largest absolute Gasteiger partial charge is 0.377 e. The van der Waals surface area contributed by atoms with E-state index in [1.54, 1.807) is 13.2 Å². The van der Waals surface area contributed by atoms with Gasteiger partial charge in [-0.15, -0.1) is 0 Å². The molecule has 21 heavy (non-hydrogen) atoms. The van der Waals surface area contributed by atoms with E-state index in [9.17, 15) is 4.79 Å². The molecule has 1 saturated heterocycles.